The highest BCUT2D eigenvalue weighted by Crippen LogP contribution is 2.26. The second kappa shape index (κ2) is 6.99. The fourth-order valence-corrected chi connectivity index (χ4v) is 5.10. The molecule has 1 aromatic heterocycles. The first-order valence-corrected chi connectivity index (χ1v) is 10.5. The Labute approximate surface area is 158 Å². The van der Waals surface area contributed by atoms with E-state index in [9.17, 15) is 13.2 Å². The van der Waals surface area contributed by atoms with Crippen LogP contribution in [-0.4, -0.2) is 13.0 Å². The normalized spacial score (nSPS) is 11.8. The molecule has 0 aliphatic rings. The van der Waals surface area contributed by atoms with E-state index in [0.29, 0.717) is 21.3 Å². The molecule has 0 fully saturated rings. The standard InChI is InChI=1S/C16H14Cl2N2O3S2/c1-2-5-20-14-4-3-13(9-15(14)24-16(20)21)25(22,23)19-12-7-10(17)6-11(18)8-12/h3-4,6-9,19H,2,5H2,1H3. The Balaban J connectivity index is 2.01. The maximum atomic E-state index is 12.6. The van der Waals surface area contributed by atoms with Crippen molar-refractivity contribution in [3.05, 3.63) is 56.1 Å². The average Bonchev–Trinajstić information content (AvgIpc) is 2.81. The molecule has 0 radical (unpaired) electrons. The van der Waals surface area contributed by atoms with Crippen LogP contribution in [0.2, 0.25) is 10.0 Å². The molecule has 1 heterocycles. The lowest BCUT2D eigenvalue weighted by Crippen LogP contribution is -2.13. The van der Waals surface area contributed by atoms with Crippen LogP contribution >= 0.6 is 34.5 Å². The molecule has 0 aliphatic heterocycles. The zero-order valence-corrected chi connectivity index (χ0v) is 16.3. The highest BCUT2D eigenvalue weighted by atomic mass is 35.5. The average molecular weight is 417 g/mol. The van der Waals surface area contributed by atoms with E-state index >= 15 is 0 Å². The first kappa shape index (κ1) is 18.3. The summed E-state index contributed by atoms with van der Waals surface area (Å²) in [7, 11) is -3.83. The number of sulfonamides is 1. The summed E-state index contributed by atoms with van der Waals surface area (Å²) in [6.07, 6.45) is 0.822. The van der Waals surface area contributed by atoms with Crippen molar-refractivity contribution in [2.24, 2.45) is 0 Å². The summed E-state index contributed by atoms with van der Waals surface area (Å²) >= 11 is 12.8. The van der Waals surface area contributed by atoms with Gasteiger partial charge < -0.3 is 0 Å². The van der Waals surface area contributed by atoms with E-state index in [2.05, 4.69) is 4.72 Å². The van der Waals surface area contributed by atoms with E-state index in [1.807, 2.05) is 6.92 Å². The van der Waals surface area contributed by atoms with Crippen LogP contribution in [0.4, 0.5) is 5.69 Å². The number of nitrogens with one attached hydrogen (secondary N) is 1. The molecule has 0 saturated heterocycles. The Bertz CT molecular complexity index is 1080. The van der Waals surface area contributed by atoms with Crippen LogP contribution in [0, 0.1) is 0 Å². The van der Waals surface area contributed by atoms with E-state index in [1.165, 1.54) is 30.3 Å². The van der Waals surface area contributed by atoms with Crippen LogP contribution in [0.25, 0.3) is 10.2 Å². The number of hydrogen-bond donors (Lipinski definition) is 1. The van der Waals surface area contributed by atoms with Crippen LogP contribution < -0.4 is 9.60 Å². The largest absolute Gasteiger partial charge is 0.308 e. The Hall–Kier alpha value is -1.54. The molecule has 3 aromatic rings. The second-order valence-electron chi connectivity index (χ2n) is 5.41. The topological polar surface area (TPSA) is 68.2 Å². The smallest absolute Gasteiger partial charge is 0.299 e. The number of benzene rings is 2. The summed E-state index contributed by atoms with van der Waals surface area (Å²) in [4.78, 5) is 12.0. The third kappa shape index (κ3) is 3.84. The van der Waals surface area contributed by atoms with E-state index in [4.69, 9.17) is 23.2 Å². The summed E-state index contributed by atoms with van der Waals surface area (Å²) in [6, 6.07) is 9.10. The number of aryl methyl sites for hydroxylation is 1. The van der Waals surface area contributed by atoms with Gasteiger partial charge in [-0.2, -0.15) is 0 Å². The molecule has 0 bridgehead atoms. The Morgan fingerprint density at radius 3 is 2.44 bits per heavy atom. The summed E-state index contributed by atoms with van der Waals surface area (Å²) in [6.45, 7) is 2.58. The number of halogens is 2. The van der Waals surface area contributed by atoms with Crippen molar-refractivity contribution in [2.45, 2.75) is 24.8 Å². The third-order valence-corrected chi connectivity index (χ3v) is 6.27. The molecular weight excluding hydrogens is 403 g/mol. The van der Waals surface area contributed by atoms with Gasteiger partial charge in [0.05, 0.1) is 20.8 Å². The lowest BCUT2D eigenvalue weighted by atomic mass is 10.3. The van der Waals surface area contributed by atoms with Crippen LogP contribution in [0.5, 0.6) is 0 Å². The SMILES string of the molecule is CCCn1c(=O)sc2cc(S(=O)(=O)Nc3cc(Cl)cc(Cl)c3)ccc21. The van der Waals surface area contributed by atoms with Crippen LogP contribution in [-0.2, 0) is 16.6 Å². The van der Waals surface area contributed by atoms with Gasteiger partial charge in [-0.15, -0.1) is 0 Å². The summed E-state index contributed by atoms with van der Waals surface area (Å²) in [5, 5.41) is 0.658. The van der Waals surface area contributed by atoms with Gasteiger partial charge in [0.1, 0.15) is 0 Å². The molecule has 25 heavy (non-hydrogen) atoms. The van der Waals surface area contributed by atoms with Crippen molar-refractivity contribution in [3.63, 3.8) is 0 Å². The summed E-state index contributed by atoms with van der Waals surface area (Å²) in [5.41, 5.74) is 1.01. The van der Waals surface area contributed by atoms with Crippen molar-refractivity contribution >= 4 is 60.5 Å². The first-order chi connectivity index (χ1) is 11.8. The molecule has 0 atom stereocenters. The molecule has 0 unspecified atom stereocenters. The molecule has 0 amide bonds. The third-order valence-electron chi connectivity index (χ3n) is 3.51. The number of aromatic nitrogens is 1. The maximum Gasteiger partial charge on any atom is 0.308 e. The molecule has 3 rings (SSSR count). The van der Waals surface area contributed by atoms with Gasteiger partial charge in [0, 0.05) is 16.6 Å². The summed E-state index contributed by atoms with van der Waals surface area (Å²) in [5.74, 6) is 0. The maximum absolute atomic E-state index is 12.6. The molecule has 0 spiro atoms. The van der Waals surface area contributed by atoms with Crippen LogP contribution in [0.1, 0.15) is 13.3 Å². The molecule has 2 aromatic carbocycles. The highest BCUT2D eigenvalue weighted by molar-refractivity contribution is 7.92. The van der Waals surface area contributed by atoms with Crippen molar-refractivity contribution in [3.8, 4) is 0 Å². The van der Waals surface area contributed by atoms with Gasteiger partial charge in [0.2, 0.25) is 0 Å². The monoisotopic (exact) mass is 416 g/mol. The highest BCUT2D eigenvalue weighted by Gasteiger charge is 2.17. The van der Waals surface area contributed by atoms with Gasteiger partial charge in [-0.1, -0.05) is 41.5 Å². The van der Waals surface area contributed by atoms with Crippen LogP contribution in [0.3, 0.4) is 0 Å². The Kier molecular flexibility index (Phi) is 5.11. The number of fused-ring (bicyclic) bond motifs is 1. The van der Waals surface area contributed by atoms with E-state index in [1.54, 1.807) is 10.6 Å². The van der Waals surface area contributed by atoms with E-state index in [0.717, 1.165) is 23.3 Å². The van der Waals surface area contributed by atoms with Gasteiger partial charge >= 0.3 is 4.87 Å². The molecule has 1 N–H and O–H groups in total. The molecule has 132 valence electrons. The summed E-state index contributed by atoms with van der Waals surface area (Å²) < 4.78 is 29.9. The molecular formula is C16H14Cl2N2O3S2. The minimum atomic E-state index is -3.83. The van der Waals surface area contributed by atoms with Crippen molar-refractivity contribution < 1.29 is 8.42 Å². The molecule has 9 heteroatoms. The Morgan fingerprint density at radius 1 is 1.12 bits per heavy atom. The van der Waals surface area contributed by atoms with E-state index < -0.39 is 10.0 Å². The van der Waals surface area contributed by atoms with Crippen molar-refractivity contribution in [2.75, 3.05) is 4.72 Å². The lowest BCUT2D eigenvalue weighted by Gasteiger charge is -2.09. The van der Waals surface area contributed by atoms with Gasteiger partial charge in [-0.25, -0.2) is 8.42 Å². The zero-order chi connectivity index (χ0) is 18.2. The molecule has 0 saturated carbocycles. The minimum Gasteiger partial charge on any atom is -0.299 e. The zero-order valence-electron chi connectivity index (χ0n) is 13.1. The van der Waals surface area contributed by atoms with Crippen LogP contribution in [0.15, 0.2) is 46.1 Å². The van der Waals surface area contributed by atoms with E-state index in [-0.39, 0.29) is 15.5 Å². The quantitative estimate of drug-likeness (QED) is 0.661. The predicted molar refractivity (Wildman–Crippen MR) is 104 cm³/mol. The minimum absolute atomic E-state index is 0.0704. The fraction of sp³-hybridized carbons (Fsp3) is 0.188. The van der Waals surface area contributed by atoms with Gasteiger partial charge in [0.15, 0.2) is 0 Å². The van der Waals surface area contributed by atoms with Crippen molar-refractivity contribution in [1.82, 2.24) is 4.57 Å². The van der Waals surface area contributed by atoms with Gasteiger partial charge in [0.25, 0.3) is 10.0 Å². The first-order valence-electron chi connectivity index (χ1n) is 7.42. The lowest BCUT2D eigenvalue weighted by molar-refractivity contribution is 0.601. The second-order valence-corrected chi connectivity index (χ2v) is 8.96. The number of anilines is 1. The number of hydrogen-bond acceptors (Lipinski definition) is 4. The van der Waals surface area contributed by atoms with Gasteiger partial charge in [-0.3, -0.25) is 14.1 Å². The predicted octanol–water partition coefficient (Wildman–Crippen LogP) is 4.58. The number of nitrogens with zero attached hydrogens (tertiary/aromatic N) is 1. The van der Waals surface area contributed by atoms with Crippen molar-refractivity contribution in [1.29, 1.82) is 0 Å². The number of rotatable bonds is 5. The molecule has 5 nitrogen and oxygen atoms in total. The number of thiazole rings is 1. The van der Waals surface area contributed by atoms with Gasteiger partial charge in [-0.05, 0) is 42.8 Å². The Morgan fingerprint density at radius 2 is 1.80 bits per heavy atom. The fourth-order valence-electron chi connectivity index (χ4n) is 2.48. The molecule has 0 aliphatic carbocycles.